The van der Waals surface area contributed by atoms with Crippen molar-refractivity contribution in [2.75, 3.05) is 0 Å². The van der Waals surface area contributed by atoms with Crippen molar-refractivity contribution >= 4 is 23.4 Å². The molecule has 1 saturated carbocycles. The Kier molecular flexibility index (Phi) is 3.99. The van der Waals surface area contributed by atoms with Gasteiger partial charge in [0.2, 0.25) is 5.91 Å². The fourth-order valence-electron chi connectivity index (χ4n) is 1.48. The largest absolute Gasteiger partial charge is 0.352 e. The zero-order valence-corrected chi connectivity index (χ0v) is 11.0. The van der Waals surface area contributed by atoms with Crippen LogP contribution in [0.25, 0.3) is 0 Å². The lowest BCUT2D eigenvalue weighted by atomic mass is 10.2. The van der Waals surface area contributed by atoms with Crippen LogP contribution in [0.4, 0.5) is 4.39 Å². The molecule has 0 aliphatic heterocycles. The van der Waals surface area contributed by atoms with Crippen LogP contribution >= 0.6 is 11.6 Å². The van der Waals surface area contributed by atoms with Gasteiger partial charge in [0.05, 0.1) is 11.8 Å². The molecular formula is C12H13ClFN3O2. The SMILES string of the molecule is CC(NC(=O)c1cc(F)cnc1Cl)C(=O)NC1CC1. The van der Waals surface area contributed by atoms with E-state index in [0.717, 1.165) is 25.1 Å². The van der Waals surface area contributed by atoms with Gasteiger partial charge in [0.25, 0.3) is 5.91 Å². The maximum absolute atomic E-state index is 13.0. The fraction of sp³-hybridized carbons (Fsp3) is 0.417. The Balaban J connectivity index is 1.99. The van der Waals surface area contributed by atoms with E-state index in [1.807, 2.05) is 0 Å². The third-order valence-electron chi connectivity index (χ3n) is 2.71. The van der Waals surface area contributed by atoms with Gasteiger partial charge in [-0.1, -0.05) is 11.6 Å². The molecule has 1 aliphatic carbocycles. The number of rotatable bonds is 4. The van der Waals surface area contributed by atoms with Gasteiger partial charge in [-0.05, 0) is 25.8 Å². The zero-order valence-electron chi connectivity index (χ0n) is 10.2. The minimum Gasteiger partial charge on any atom is -0.352 e. The Morgan fingerprint density at radius 3 is 2.84 bits per heavy atom. The van der Waals surface area contributed by atoms with E-state index in [1.54, 1.807) is 6.92 Å². The smallest absolute Gasteiger partial charge is 0.255 e. The van der Waals surface area contributed by atoms with Crippen LogP contribution in [0.3, 0.4) is 0 Å². The van der Waals surface area contributed by atoms with E-state index in [4.69, 9.17) is 11.6 Å². The van der Waals surface area contributed by atoms with E-state index in [-0.39, 0.29) is 22.7 Å². The third kappa shape index (κ3) is 3.64. The van der Waals surface area contributed by atoms with E-state index < -0.39 is 17.8 Å². The third-order valence-corrected chi connectivity index (χ3v) is 3.02. The van der Waals surface area contributed by atoms with Gasteiger partial charge in [-0.3, -0.25) is 9.59 Å². The summed E-state index contributed by atoms with van der Waals surface area (Å²) in [4.78, 5) is 27.1. The van der Waals surface area contributed by atoms with Crippen LogP contribution in [0.2, 0.25) is 5.15 Å². The Bertz CT molecular complexity index is 520. The maximum atomic E-state index is 13.0. The average Bonchev–Trinajstić information content (AvgIpc) is 3.15. The van der Waals surface area contributed by atoms with Crippen molar-refractivity contribution in [3.63, 3.8) is 0 Å². The quantitative estimate of drug-likeness (QED) is 0.819. The van der Waals surface area contributed by atoms with Crippen LogP contribution in [0.15, 0.2) is 12.3 Å². The number of nitrogens with one attached hydrogen (secondary N) is 2. The minimum absolute atomic E-state index is 0.0901. The van der Waals surface area contributed by atoms with Gasteiger partial charge in [-0.15, -0.1) is 0 Å². The molecule has 1 fully saturated rings. The number of carbonyl (C=O) groups excluding carboxylic acids is 2. The number of hydrogen-bond acceptors (Lipinski definition) is 3. The van der Waals surface area contributed by atoms with Gasteiger partial charge in [0.15, 0.2) is 0 Å². The number of amides is 2. The van der Waals surface area contributed by atoms with Crippen molar-refractivity contribution in [1.82, 2.24) is 15.6 Å². The number of pyridine rings is 1. The summed E-state index contributed by atoms with van der Waals surface area (Å²) in [6.45, 7) is 1.55. The number of nitrogens with zero attached hydrogens (tertiary/aromatic N) is 1. The van der Waals surface area contributed by atoms with Crippen LogP contribution in [0.1, 0.15) is 30.1 Å². The molecular weight excluding hydrogens is 273 g/mol. The van der Waals surface area contributed by atoms with E-state index >= 15 is 0 Å². The van der Waals surface area contributed by atoms with Crippen LogP contribution in [0.5, 0.6) is 0 Å². The van der Waals surface area contributed by atoms with Gasteiger partial charge in [-0.25, -0.2) is 9.37 Å². The first kappa shape index (κ1) is 13.7. The van der Waals surface area contributed by atoms with Gasteiger partial charge in [-0.2, -0.15) is 0 Å². The fourth-order valence-corrected chi connectivity index (χ4v) is 1.66. The maximum Gasteiger partial charge on any atom is 0.255 e. The van der Waals surface area contributed by atoms with Gasteiger partial charge >= 0.3 is 0 Å². The number of carbonyl (C=O) groups is 2. The molecule has 1 aromatic heterocycles. The molecule has 7 heteroatoms. The van der Waals surface area contributed by atoms with Crippen molar-refractivity contribution in [3.8, 4) is 0 Å². The normalized spacial score (nSPS) is 15.7. The van der Waals surface area contributed by atoms with E-state index in [2.05, 4.69) is 15.6 Å². The molecule has 2 rings (SSSR count). The molecule has 0 bridgehead atoms. The summed E-state index contributed by atoms with van der Waals surface area (Å²) in [6.07, 6.45) is 2.85. The summed E-state index contributed by atoms with van der Waals surface area (Å²) < 4.78 is 13.0. The first-order valence-electron chi connectivity index (χ1n) is 5.89. The van der Waals surface area contributed by atoms with Crippen molar-refractivity contribution in [2.24, 2.45) is 0 Å². The molecule has 5 nitrogen and oxygen atoms in total. The highest BCUT2D eigenvalue weighted by Gasteiger charge is 2.26. The molecule has 19 heavy (non-hydrogen) atoms. The molecule has 0 aromatic carbocycles. The Morgan fingerprint density at radius 2 is 2.21 bits per heavy atom. The average molecular weight is 286 g/mol. The Labute approximate surface area is 114 Å². The Morgan fingerprint density at radius 1 is 1.53 bits per heavy atom. The highest BCUT2D eigenvalue weighted by atomic mass is 35.5. The Hall–Kier alpha value is -1.69. The lowest BCUT2D eigenvalue weighted by Gasteiger charge is -2.14. The van der Waals surface area contributed by atoms with Crippen LogP contribution < -0.4 is 10.6 Å². The molecule has 1 heterocycles. The summed E-state index contributed by atoms with van der Waals surface area (Å²) in [6, 6.07) is 0.481. The second-order valence-electron chi connectivity index (χ2n) is 4.47. The molecule has 102 valence electrons. The molecule has 1 unspecified atom stereocenters. The predicted molar refractivity (Wildman–Crippen MR) is 67.3 cm³/mol. The number of halogens is 2. The van der Waals surface area contributed by atoms with Crippen molar-refractivity contribution in [1.29, 1.82) is 0 Å². The number of hydrogen-bond donors (Lipinski definition) is 2. The highest BCUT2D eigenvalue weighted by Crippen LogP contribution is 2.18. The summed E-state index contributed by atoms with van der Waals surface area (Å²) in [5.74, 6) is -1.56. The van der Waals surface area contributed by atoms with E-state index in [0.29, 0.717) is 0 Å². The lowest BCUT2D eigenvalue weighted by Crippen LogP contribution is -2.45. The lowest BCUT2D eigenvalue weighted by molar-refractivity contribution is -0.122. The predicted octanol–water partition coefficient (Wildman–Crippen LogP) is 1.27. The molecule has 0 radical (unpaired) electrons. The van der Waals surface area contributed by atoms with Gasteiger partial charge in [0.1, 0.15) is 17.0 Å². The second-order valence-corrected chi connectivity index (χ2v) is 4.83. The topological polar surface area (TPSA) is 71.1 Å². The second kappa shape index (κ2) is 5.52. The monoisotopic (exact) mass is 285 g/mol. The molecule has 2 N–H and O–H groups in total. The van der Waals surface area contributed by atoms with Crippen molar-refractivity contribution < 1.29 is 14.0 Å². The van der Waals surface area contributed by atoms with Crippen molar-refractivity contribution in [3.05, 3.63) is 28.8 Å². The first-order chi connectivity index (χ1) is 8.97. The minimum atomic E-state index is -0.715. The summed E-state index contributed by atoms with van der Waals surface area (Å²) in [5, 5.41) is 5.11. The molecule has 2 amide bonds. The van der Waals surface area contributed by atoms with Gasteiger partial charge < -0.3 is 10.6 Å². The summed E-state index contributed by atoms with van der Waals surface area (Å²) >= 11 is 5.71. The van der Waals surface area contributed by atoms with Gasteiger partial charge in [0, 0.05) is 6.04 Å². The molecule has 0 saturated heterocycles. The first-order valence-corrected chi connectivity index (χ1v) is 6.27. The standard InChI is InChI=1S/C12H13ClFN3O2/c1-6(11(18)17-8-2-3-8)16-12(19)9-4-7(14)5-15-10(9)13/h4-6,8H,2-3H2,1H3,(H,16,19)(H,17,18). The zero-order chi connectivity index (χ0) is 14.0. The highest BCUT2D eigenvalue weighted by molar-refractivity contribution is 6.32. The van der Waals surface area contributed by atoms with E-state index in [9.17, 15) is 14.0 Å². The summed E-state index contributed by atoms with van der Waals surface area (Å²) in [7, 11) is 0. The molecule has 1 aromatic rings. The molecule has 0 spiro atoms. The summed E-state index contributed by atoms with van der Waals surface area (Å²) in [5.41, 5.74) is -0.0901. The number of aromatic nitrogens is 1. The van der Waals surface area contributed by atoms with Crippen LogP contribution in [0, 0.1) is 5.82 Å². The molecule has 1 atom stereocenters. The molecule has 1 aliphatic rings. The van der Waals surface area contributed by atoms with Crippen LogP contribution in [-0.2, 0) is 4.79 Å². The van der Waals surface area contributed by atoms with Crippen LogP contribution in [-0.4, -0.2) is 28.9 Å². The van der Waals surface area contributed by atoms with Crippen molar-refractivity contribution in [2.45, 2.75) is 31.8 Å². The van der Waals surface area contributed by atoms with E-state index in [1.165, 1.54) is 0 Å².